The first kappa shape index (κ1) is 10.5. The Bertz CT molecular complexity index is 562. The summed E-state index contributed by atoms with van der Waals surface area (Å²) >= 11 is 0. The molecule has 0 spiro atoms. The van der Waals surface area contributed by atoms with Crippen molar-refractivity contribution < 1.29 is 0 Å². The summed E-state index contributed by atoms with van der Waals surface area (Å²) in [6.07, 6.45) is 5.17. The zero-order chi connectivity index (χ0) is 12.2. The van der Waals surface area contributed by atoms with E-state index in [1.165, 1.54) is 0 Å². The van der Waals surface area contributed by atoms with E-state index in [4.69, 9.17) is 0 Å². The van der Waals surface area contributed by atoms with Crippen molar-refractivity contribution in [3.05, 3.63) is 61.1 Å². The fourth-order valence-corrected chi connectivity index (χ4v) is 1.64. The SMILES string of the molecule is c1ccc(-c2cnc(-c3cccnc3)nn2)cc1. The van der Waals surface area contributed by atoms with Gasteiger partial charge in [0.15, 0.2) is 5.82 Å². The number of pyridine rings is 1. The monoisotopic (exact) mass is 234 g/mol. The van der Waals surface area contributed by atoms with E-state index in [-0.39, 0.29) is 0 Å². The van der Waals surface area contributed by atoms with Crippen molar-refractivity contribution in [2.45, 2.75) is 0 Å². The second kappa shape index (κ2) is 4.71. The van der Waals surface area contributed by atoms with Gasteiger partial charge >= 0.3 is 0 Å². The van der Waals surface area contributed by atoms with E-state index >= 15 is 0 Å². The summed E-state index contributed by atoms with van der Waals surface area (Å²) in [5.41, 5.74) is 2.64. The second-order valence-corrected chi connectivity index (χ2v) is 3.77. The van der Waals surface area contributed by atoms with E-state index in [0.29, 0.717) is 5.82 Å². The molecule has 2 aromatic heterocycles. The van der Waals surface area contributed by atoms with Gasteiger partial charge < -0.3 is 0 Å². The Balaban J connectivity index is 1.95. The third-order valence-corrected chi connectivity index (χ3v) is 2.55. The van der Waals surface area contributed by atoms with Gasteiger partial charge in [-0.1, -0.05) is 30.3 Å². The standard InChI is InChI=1S/C14H10N4/c1-2-5-11(6-3-1)13-10-16-14(18-17-13)12-7-4-8-15-9-12/h1-10H. The van der Waals surface area contributed by atoms with Gasteiger partial charge in [-0.3, -0.25) is 4.98 Å². The van der Waals surface area contributed by atoms with Crippen molar-refractivity contribution >= 4 is 0 Å². The van der Waals surface area contributed by atoms with Gasteiger partial charge in [-0.25, -0.2) is 4.98 Å². The van der Waals surface area contributed by atoms with Gasteiger partial charge in [0, 0.05) is 23.5 Å². The van der Waals surface area contributed by atoms with Crippen LogP contribution in [0.25, 0.3) is 22.6 Å². The van der Waals surface area contributed by atoms with Crippen LogP contribution in [0.5, 0.6) is 0 Å². The lowest BCUT2D eigenvalue weighted by atomic mass is 10.2. The largest absolute Gasteiger partial charge is 0.264 e. The lowest BCUT2D eigenvalue weighted by Crippen LogP contribution is -1.94. The highest BCUT2D eigenvalue weighted by molar-refractivity contribution is 5.59. The van der Waals surface area contributed by atoms with Gasteiger partial charge in [0.1, 0.15) is 5.69 Å². The smallest absolute Gasteiger partial charge is 0.183 e. The lowest BCUT2D eigenvalue weighted by molar-refractivity contribution is 0.985. The normalized spacial score (nSPS) is 10.2. The molecule has 3 rings (SSSR count). The van der Waals surface area contributed by atoms with Crippen LogP contribution in [0.4, 0.5) is 0 Å². The summed E-state index contributed by atoms with van der Waals surface area (Å²) in [5.74, 6) is 0.586. The average molecular weight is 234 g/mol. The Kier molecular flexibility index (Phi) is 2.75. The quantitative estimate of drug-likeness (QED) is 0.684. The van der Waals surface area contributed by atoms with Crippen LogP contribution < -0.4 is 0 Å². The highest BCUT2D eigenvalue weighted by Gasteiger charge is 2.03. The maximum atomic E-state index is 4.31. The molecule has 0 radical (unpaired) electrons. The van der Waals surface area contributed by atoms with Crippen LogP contribution in [-0.2, 0) is 0 Å². The summed E-state index contributed by atoms with van der Waals surface area (Å²) in [4.78, 5) is 8.35. The highest BCUT2D eigenvalue weighted by Crippen LogP contribution is 2.16. The molecule has 3 aromatic rings. The number of benzene rings is 1. The topological polar surface area (TPSA) is 51.6 Å². The summed E-state index contributed by atoms with van der Waals surface area (Å²) in [7, 11) is 0. The molecule has 0 aliphatic heterocycles. The highest BCUT2D eigenvalue weighted by atomic mass is 15.2. The summed E-state index contributed by atoms with van der Waals surface area (Å²) in [5, 5.41) is 8.31. The fraction of sp³-hybridized carbons (Fsp3) is 0. The molecule has 86 valence electrons. The van der Waals surface area contributed by atoms with E-state index in [2.05, 4.69) is 20.2 Å². The molecule has 0 saturated heterocycles. The van der Waals surface area contributed by atoms with Gasteiger partial charge in [0.05, 0.1) is 6.20 Å². The summed E-state index contributed by atoms with van der Waals surface area (Å²) < 4.78 is 0. The maximum absolute atomic E-state index is 4.31. The number of hydrogen-bond acceptors (Lipinski definition) is 4. The Morgan fingerprint density at radius 1 is 0.722 bits per heavy atom. The van der Waals surface area contributed by atoms with Gasteiger partial charge in [-0.15, -0.1) is 10.2 Å². The molecular formula is C14H10N4. The molecule has 0 aliphatic carbocycles. The molecule has 0 atom stereocenters. The fourth-order valence-electron chi connectivity index (χ4n) is 1.64. The van der Waals surface area contributed by atoms with Crippen molar-refractivity contribution in [3.63, 3.8) is 0 Å². The van der Waals surface area contributed by atoms with Crippen molar-refractivity contribution in [3.8, 4) is 22.6 Å². The zero-order valence-corrected chi connectivity index (χ0v) is 9.56. The van der Waals surface area contributed by atoms with Crippen molar-refractivity contribution in [2.24, 2.45) is 0 Å². The minimum Gasteiger partial charge on any atom is -0.264 e. The Hall–Kier alpha value is -2.62. The van der Waals surface area contributed by atoms with Crippen LogP contribution in [-0.4, -0.2) is 20.2 Å². The predicted octanol–water partition coefficient (Wildman–Crippen LogP) is 2.60. The van der Waals surface area contributed by atoms with E-state index in [1.54, 1.807) is 18.6 Å². The first-order valence-corrected chi connectivity index (χ1v) is 5.59. The van der Waals surface area contributed by atoms with E-state index < -0.39 is 0 Å². The van der Waals surface area contributed by atoms with Crippen LogP contribution in [0.15, 0.2) is 61.1 Å². The van der Waals surface area contributed by atoms with E-state index in [0.717, 1.165) is 16.8 Å². The molecule has 0 unspecified atom stereocenters. The summed E-state index contributed by atoms with van der Waals surface area (Å²) in [6.45, 7) is 0. The van der Waals surface area contributed by atoms with E-state index in [9.17, 15) is 0 Å². The molecule has 2 heterocycles. The van der Waals surface area contributed by atoms with E-state index in [1.807, 2.05) is 42.5 Å². The average Bonchev–Trinajstić information content (AvgIpc) is 2.49. The molecule has 4 heteroatoms. The first-order valence-electron chi connectivity index (χ1n) is 5.59. The molecule has 1 aromatic carbocycles. The molecule has 18 heavy (non-hydrogen) atoms. The molecule has 4 nitrogen and oxygen atoms in total. The van der Waals surface area contributed by atoms with Crippen molar-refractivity contribution in [1.29, 1.82) is 0 Å². The third kappa shape index (κ3) is 2.08. The minimum atomic E-state index is 0.586. The molecular weight excluding hydrogens is 224 g/mol. The maximum Gasteiger partial charge on any atom is 0.183 e. The van der Waals surface area contributed by atoms with Crippen LogP contribution in [0.1, 0.15) is 0 Å². The molecule has 0 amide bonds. The van der Waals surface area contributed by atoms with Crippen molar-refractivity contribution in [1.82, 2.24) is 20.2 Å². The molecule has 0 fully saturated rings. The van der Waals surface area contributed by atoms with Crippen LogP contribution in [0, 0.1) is 0 Å². The molecule has 0 bridgehead atoms. The van der Waals surface area contributed by atoms with Gasteiger partial charge in [-0.05, 0) is 12.1 Å². The predicted molar refractivity (Wildman–Crippen MR) is 68.5 cm³/mol. The second-order valence-electron chi connectivity index (χ2n) is 3.77. The summed E-state index contributed by atoms with van der Waals surface area (Å²) in [6, 6.07) is 13.6. The van der Waals surface area contributed by atoms with Gasteiger partial charge in [-0.2, -0.15) is 0 Å². The van der Waals surface area contributed by atoms with Gasteiger partial charge in [0.2, 0.25) is 0 Å². The Labute approximate surface area is 104 Å². The van der Waals surface area contributed by atoms with Crippen LogP contribution in [0.3, 0.4) is 0 Å². The van der Waals surface area contributed by atoms with Crippen LogP contribution in [0.2, 0.25) is 0 Å². The Morgan fingerprint density at radius 3 is 2.22 bits per heavy atom. The van der Waals surface area contributed by atoms with Crippen molar-refractivity contribution in [2.75, 3.05) is 0 Å². The zero-order valence-electron chi connectivity index (χ0n) is 9.56. The molecule has 0 saturated carbocycles. The number of rotatable bonds is 2. The van der Waals surface area contributed by atoms with Gasteiger partial charge in [0.25, 0.3) is 0 Å². The molecule has 0 aliphatic rings. The first-order chi connectivity index (χ1) is 8.93. The number of aromatic nitrogens is 4. The number of nitrogens with zero attached hydrogens (tertiary/aromatic N) is 4. The number of hydrogen-bond donors (Lipinski definition) is 0. The lowest BCUT2D eigenvalue weighted by Gasteiger charge is -2.01. The molecule has 0 N–H and O–H groups in total. The van der Waals surface area contributed by atoms with Crippen LogP contribution >= 0.6 is 0 Å². The Morgan fingerprint density at radius 2 is 1.56 bits per heavy atom. The third-order valence-electron chi connectivity index (χ3n) is 2.55. The minimum absolute atomic E-state index is 0.586.